The van der Waals surface area contributed by atoms with E-state index in [1.807, 2.05) is 13.0 Å². The van der Waals surface area contributed by atoms with Gasteiger partial charge in [-0.05, 0) is 25.5 Å². The Labute approximate surface area is 124 Å². The number of likely N-dealkylation sites (N-methyl/N-ethyl adjacent to an activating group) is 1. The number of carboxylic acid groups (broad SMARTS) is 1. The Hall–Kier alpha value is -2.24. The van der Waals surface area contributed by atoms with Crippen molar-refractivity contribution in [2.75, 3.05) is 20.3 Å². The molecule has 1 amide bonds. The molecule has 0 saturated carbocycles. The molecule has 1 atom stereocenters. The van der Waals surface area contributed by atoms with E-state index in [-0.39, 0.29) is 6.61 Å². The van der Waals surface area contributed by atoms with Crippen LogP contribution >= 0.6 is 0 Å². The number of carbonyl (C=O) groups excluding carboxylic acids is 1. The highest BCUT2D eigenvalue weighted by atomic mass is 16.5. The highest BCUT2D eigenvalue weighted by Crippen LogP contribution is 2.26. The molecular weight excluding hydrogens is 274 g/mol. The fourth-order valence-electron chi connectivity index (χ4n) is 1.87. The number of para-hydroxylation sites is 2. The first kappa shape index (κ1) is 16.8. The average Bonchev–Trinajstić information content (AvgIpc) is 2.46. The van der Waals surface area contributed by atoms with Gasteiger partial charge >= 0.3 is 5.97 Å². The van der Waals surface area contributed by atoms with Gasteiger partial charge in [0, 0.05) is 7.05 Å². The first-order chi connectivity index (χ1) is 10.0. The highest BCUT2D eigenvalue weighted by molar-refractivity contribution is 5.84. The average molecular weight is 295 g/mol. The number of amides is 1. The van der Waals surface area contributed by atoms with Crippen LogP contribution in [0.4, 0.5) is 0 Å². The highest BCUT2D eigenvalue weighted by Gasteiger charge is 2.25. The number of ether oxygens (including phenoxy) is 2. The summed E-state index contributed by atoms with van der Waals surface area (Å²) in [6.45, 7) is 3.83. The quantitative estimate of drug-likeness (QED) is 0.791. The third-order valence-corrected chi connectivity index (χ3v) is 3.03. The van der Waals surface area contributed by atoms with Crippen molar-refractivity contribution in [3.8, 4) is 11.5 Å². The molecule has 116 valence electrons. The number of hydrogen-bond donors (Lipinski definition) is 1. The van der Waals surface area contributed by atoms with Crippen LogP contribution in [0.25, 0.3) is 0 Å². The minimum Gasteiger partial charge on any atom is -0.490 e. The van der Waals surface area contributed by atoms with Crippen molar-refractivity contribution in [3.05, 3.63) is 24.3 Å². The Morgan fingerprint density at radius 3 is 2.24 bits per heavy atom. The van der Waals surface area contributed by atoms with E-state index in [4.69, 9.17) is 14.6 Å². The van der Waals surface area contributed by atoms with E-state index in [1.54, 1.807) is 25.1 Å². The molecular formula is C15H21NO5. The number of carboxylic acids is 1. The number of rotatable bonds is 8. The van der Waals surface area contributed by atoms with Crippen molar-refractivity contribution in [2.45, 2.75) is 26.3 Å². The minimum absolute atomic E-state index is 0.232. The maximum Gasteiger partial charge on any atom is 0.326 e. The molecule has 1 unspecified atom stereocenters. The molecule has 1 rings (SSSR count). The van der Waals surface area contributed by atoms with Gasteiger partial charge in [0.2, 0.25) is 0 Å². The topological polar surface area (TPSA) is 76.1 Å². The van der Waals surface area contributed by atoms with Gasteiger partial charge in [-0.2, -0.15) is 0 Å². The molecule has 1 N–H and O–H groups in total. The van der Waals surface area contributed by atoms with E-state index in [0.717, 1.165) is 0 Å². The zero-order chi connectivity index (χ0) is 15.8. The van der Waals surface area contributed by atoms with E-state index in [1.165, 1.54) is 11.9 Å². The molecule has 0 aliphatic carbocycles. The van der Waals surface area contributed by atoms with Gasteiger partial charge in [0.25, 0.3) is 5.91 Å². The monoisotopic (exact) mass is 295 g/mol. The Bertz CT molecular complexity index is 489. The molecule has 0 spiro atoms. The van der Waals surface area contributed by atoms with Crippen molar-refractivity contribution in [3.63, 3.8) is 0 Å². The zero-order valence-corrected chi connectivity index (χ0v) is 12.5. The van der Waals surface area contributed by atoms with Crippen LogP contribution in [0.2, 0.25) is 0 Å². The number of hydrogen-bond acceptors (Lipinski definition) is 4. The molecule has 0 heterocycles. The van der Waals surface area contributed by atoms with Crippen LogP contribution in [0.3, 0.4) is 0 Å². The first-order valence-corrected chi connectivity index (χ1v) is 6.84. The lowest BCUT2D eigenvalue weighted by atomic mass is 10.2. The van der Waals surface area contributed by atoms with E-state index in [0.29, 0.717) is 24.5 Å². The Kier molecular flexibility index (Phi) is 6.52. The van der Waals surface area contributed by atoms with Gasteiger partial charge < -0.3 is 19.5 Å². The molecule has 0 fully saturated rings. The molecule has 0 aliphatic rings. The van der Waals surface area contributed by atoms with Gasteiger partial charge in [-0.15, -0.1) is 0 Å². The lowest BCUT2D eigenvalue weighted by Gasteiger charge is -2.23. The van der Waals surface area contributed by atoms with Crippen molar-refractivity contribution in [1.29, 1.82) is 0 Å². The van der Waals surface area contributed by atoms with Crippen LogP contribution in [0.15, 0.2) is 24.3 Å². The lowest BCUT2D eigenvalue weighted by molar-refractivity contribution is -0.149. The number of benzene rings is 1. The minimum atomic E-state index is -1.02. The summed E-state index contributed by atoms with van der Waals surface area (Å²) in [7, 11) is 1.46. The second-order valence-electron chi connectivity index (χ2n) is 4.44. The van der Waals surface area contributed by atoms with Gasteiger partial charge in [0.05, 0.1) is 6.61 Å². The number of aliphatic carboxylic acids is 1. The van der Waals surface area contributed by atoms with Crippen LogP contribution in [-0.2, 0) is 9.59 Å². The van der Waals surface area contributed by atoms with E-state index in [9.17, 15) is 9.59 Å². The summed E-state index contributed by atoms with van der Waals surface area (Å²) in [6, 6.07) is 6.19. The number of nitrogens with zero attached hydrogens (tertiary/aromatic N) is 1. The second-order valence-corrected chi connectivity index (χ2v) is 4.44. The maximum atomic E-state index is 12.0. The third kappa shape index (κ3) is 4.66. The molecule has 21 heavy (non-hydrogen) atoms. The fraction of sp³-hybridized carbons (Fsp3) is 0.467. The summed E-state index contributed by atoms with van der Waals surface area (Å²) in [5, 5.41) is 9.04. The maximum absolute atomic E-state index is 12.0. The molecule has 0 aliphatic heterocycles. The van der Waals surface area contributed by atoms with Crippen LogP contribution in [0.5, 0.6) is 11.5 Å². The summed E-state index contributed by atoms with van der Waals surface area (Å²) in [5.41, 5.74) is 0. The fourth-order valence-corrected chi connectivity index (χ4v) is 1.87. The predicted molar refractivity (Wildman–Crippen MR) is 77.6 cm³/mol. The number of carbonyl (C=O) groups is 2. The van der Waals surface area contributed by atoms with E-state index in [2.05, 4.69) is 0 Å². The molecule has 1 aromatic carbocycles. The first-order valence-electron chi connectivity index (χ1n) is 6.84. The summed E-state index contributed by atoms with van der Waals surface area (Å²) >= 11 is 0. The zero-order valence-electron chi connectivity index (χ0n) is 12.5. The Balaban J connectivity index is 2.66. The van der Waals surface area contributed by atoms with E-state index < -0.39 is 17.9 Å². The Morgan fingerprint density at radius 1 is 1.19 bits per heavy atom. The second kappa shape index (κ2) is 8.14. The Morgan fingerprint density at radius 2 is 1.76 bits per heavy atom. The van der Waals surface area contributed by atoms with Gasteiger partial charge in [-0.1, -0.05) is 19.1 Å². The summed E-state index contributed by atoms with van der Waals surface area (Å²) in [4.78, 5) is 24.2. The summed E-state index contributed by atoms with van der Waals surface area (Å²) < 4.78 is 10.8. The van der Waals surface area contributed by atoms with Crippen LogP contribution < -0.4 is 9.47 Å². The molecule has 1 aromatic rings. The molecule has 0 radical (unpaired) electrons. The smallest absolute Gasteiger partial charge is 0.326 e. The van der Waals surface area contributed by atoms with Gasteiger partial charge in [-0.25, -0.2) is 4.79 Å². The molecule has 6 heteroatoms. The van der Waals surface area contributed by atoms with Gasteiger partial charge in [-0.3, -0.25) is 4.79 Å². The molecule has 0 aromatic heterocycles. The predicted octanol–water partition coefficient (Wildman–Crippen LogP) is 1.79. The lowest BCUT2D eigenvalue weighted by Crippen LogP contribution is -2.44. The largest absolute Gasteiger partial charge is 0.490 e. The van der Waals surface area contributed by atoms with Crippen molar-refractivity contribution in [1.82, 2.24) is 4.90 Å². The van der Waals surface area contributed by atoms with Crippen LogP contribution in [-0.4, -0.2) is 48.2 Å². The van der Waals surface area contributed by atoms with Gasteiger partial charge in [0.15, 0.2) is 18.1 Å². The SMILES string of the molecule is CCOc1ccccc1OCC(=O)N(C)C(CC)C(=O)O. The molecule has 6 nitrogen and oxygen atoms in total. The molecule has 0 saturated heterocycles. The standard InChI is InChI=1S/C15H21NO5/c1-4-11(15(18)19)16(3)14(17)10-21-13-9-7-6-8-12(13)20-5-2/h6-9,11H,4-5,10H2,1-3H3,(H,18,19). The van der Waals surface area contributed by atoms with Crippen molar-refractivity contribution >= 4 is 11.9 Å². The van der Waals surface area contributed by atoms with Crippen LogP contribution in [0, 0.1) is 0 Å². The summed E-state index contributed by atoms with van der Waals surface area (Å²) in [5.74, 6) is -0.399. The van der Waals surface area contributed by atoms with Crippen molar-refractivity contribution in [2.24, 2.45) is 0 Å². The van der Waals surface area contributed by atoms with Crippen molar-refractivity contribution < 1.29 is 24.2 Å². The molecule has 0 bridgehead atoms. The van der Waals surface area contributed by atoms with Gasteiger partial charge in [0.1, 0.15) is 6.04 Å². The van der Waals surface area contributed by atoms with Crippen LogP contribution in [0.1, 0.15) is 20.3 Å². The normalized spacial score (nSPS) is 11.6. The summed E-state index contributed by atoms with van der Waals surface area (Å²) in [6.07, 6.45) is 0.340. The van der Waals surface area contributed by atoms with E-state index >= 15 is 0 Å². The third-order valence-electron chi connectivity index (χ3n) is 3.03.